The minimum absolute atomic E-state index is 0.235. The summed E-state index contributed by atoms with van der Waals surface area (Å²) in [4.78, 5) is 34.5. The Morgan fingerprint density at radius 2 is 1.67 bits per heavy atom. The number of Topliss-reactive ketones (excluding diaryl/α,β-unsaturated/α-hetero) is 1. The Hall–Kier alpha value is -4.54. The maximum atomic E-state index is 14.1. The van der Waals surface area contributed by atoms with E-state index in [9.17, 15) is 18.0 Å². The number of carbonyl (C=O) groups excluding carboxylic acids is 2. The fourth-order valence-electron chi connectivity index (χ4n) is 4.95. The van der Waals surface area contributed by atoms with Gasteiger partial charge in [0.15, 0.2) is 5.71 Å². The second-order valence-corrected chi connectivity index (χ2v) is 12.7. The Morgan fingerprint density at radius 1 is 0.933 bits per heavy atom. The smallest absolute Gasteiger partial charge is 0.278 e. The first-order valence-electron chi connectivity index (χ1n) is 15.2. The Morgan fingerprint density at radius 3 is 2.31 bits per heavy atom. The third kappa shape index (κ3) is 9.23. The first-order chi connectivity index (χ1) is 21.6. The van der Waals surface area contributed by atoms with E-state index in [-0.39, 0.29) is 12.3 Å². The molecule has 0 aliphatic rings. The SMILES string of the molecule is CCCCc1ccc(NC(=O)C(=Nc2ccc(N(CC)CCNS(C)(=O)=O)cc2C)C(=O)c2cccn2-c2ccccc2)cc1. The summed E-state index contributed by atoms with van der Waals surface area (Å²) in [5.41, 5.74) is 4.75. The average molecular weight is 628 g/mol. The third-order valence-corrected chi connectivity index (χ3v) is 8.11. The van der Waals surface area contributed by atoms with E-state index in [1.54, 1.807) is 29.0 Å². The standard InChI is InChI=1S/C35H41N5O4S/c1-5-7-12-27-16-18-28(19-17-27)37-35(42)33(34(41)32-15-11-23-40(32)29-13-9-8-10-14-29)38-31-21-20-30(25-26(31)3)39(6-2)24-22-36-45(4,43)44/h8-11,13-21,23,25,36H,5-7,12,22,24H2,1-4H3,(H,37,42). The summed E-state index contributed by atoms with van der Waals surface area (Å²) in [5.74, 6) is -1.11. The highest BCUT2D eigenvalue weighted by atomic mass is 32.2. The molecule has 0 unspecified atom stereocenters. The number of aliphatic imine (C=N–C) groups is 1. The number of ketones is 1. The van der Waals surface area contributed by atoms with Crippen LogP contribution in [0.4, 0.5) is 17.1 Å². The van der Waals surface area contributed by atoms with Gasteiger partial charge < -0.3 is 14.8 Å². The van der Waals surface area contributed by atoms with Crippen LogP contribution in [-0.4, -0.2) is 56.3 Å². The zero-order valence-electron chi connectivity index (χ0n) is 26.3. The van der Waals surface area contributed by atoms with Crippen molar-refractivity contribution in [1.29, 1.82) is 0 Å². The number of rotatable bonds is 15. The molecule has 0 radical (unpaired) electrons. The maximum absolute atomic E-state index is 14.1. The molecule has 1 heterocycles. The van der Waals surface area contributed by atoms with Crippen LogP contribution < -0.4 is 14.9 Å². The van der Waals surface area contributed by atoms with Gasteiger partial charge in [-0.3, -0.25) is 9.59 Å². The summed E-state index contributed by atoms with van der Waals surface area (Å²) in [6.07, 6.45) is 6.07. The predicted molar refractivity (Wildman–Crippen MR) is 183 cm³/mol. The van der Waals surface area contributed by atoms with Crippen LogP contribution in [0, 0.1) is 6.92 Å². The quantitative estimate of drug-likeness (QED) is 0.0940. The number of nitrogens with one attached hydrogen (secondary N) is 2. The lowest BCUT2D eigenvalue weighted by atomic mass is 10.1. The number of aromatic nitrogens is 1. The first-order valence-corrected chi connectivity index (χ1v) is 17.1. The normalized spacial score (nSPS) is 11.8. The van der Waals surface area contributed by atoms with E-state index >= 15 is 0 Å². The van der Waals surface area contributed by atoms with Crippen molar-refractivity contribution >= 4 is 44.5 Å². The summed E-state index contributed by atoms with van der Waals surface area (Å²) in [6.45, 7) is 7.41. The predicted octanol–water partition coefficient (Wildman–Crippen LogP) is 6.10. The van der Waals surface area contributed by atoms with Gasteiger partial charge in [0.25, 0.3) is 5.91 Å². The number of likely N-dealkylation sites (N-methyl/N-ethyl adjacent to an activating group) is 1. The molecule has 0 fully saturated rings. The van der Waals surface area contributed by atoms with Crippen LogP contribution in [0.15, 0.2) is 96.1 Å². The van der Waals surface area contributed by atoms with Crippen molar-refractivity contribution in [2.45, 2.75) is 40.0 Å². The average Bonchev–Trinajstić information content (AvgIpc) is 3.52. The number of anilines is 2. The Labute approximate surface area is 266 Å². The van der Waals surface area contributed by atoms with Crippen molar-refractivity contribution in [1.82, 2.24) is 9.29 Å². The van der Waals surface area contributed by atoms with Gasteiger partial charge in [-0.1, -0.05) is 43.7 Å². The van der Waals surface area contributed by atoms with Crippen LogP contribution >= 0.6 is 0 Å². The number of nitrogens with zero attached hydrogens (tertiary/aromatic N) is 3. The molecule has 0 bridgehead atoms. The van der Waals surface area contributed by atoms with Gasteiger partial charge in [0.1, 0.15) is 0 Å². The highest BCUT2D eigenvalue weighted by molar-refractivity contribution is 7.88. The molecule has 0 atom stereocenters. The zero-order chi connectivity index (χ0) is 32.4. The maximum Gasteiger partial charge on any atom is 0.278 e. The number of unbranched alkanes of at least 4 members (excludes halogenated alkanes) is 1. The lowest BCUT2D eigenvalue weighted by molar-refractivity contribution is -0.110. The van der Waals surface area contributed by atoms with E-state index in [0.29, 0.717) is 30.2 Å². The Bertz CT molecular complexity index is 1750. The van der Waals surface area contributed by atoms with E-state index < -0.39 is 21.7 Å². The molecule has 0 aliphatic carbocycles. The molecule has 1 amide bonds. The summed E-state index contributed by atoms with van der Waals surface area (Å²) < 4.78 is 27.3. The highest BCUT2D eigenvalue weighted by Crippen LogP contribution is 2.26. The molecule has 0 saturated heterocycles. The van der Waals surface area contributed by atoms with Crippen molar-refractivity contribution in [2.24, 2.45) is 4.99 Å². The highest BCUT2D eigenvalue weighted by Gasteiger charge is 2.26. The van der Waals surface area contributed by atoms with Gasteiger partial charge in [-0.15, -0.1) is 0 Å². The number of amides is 1. The second-order valence-electron chi connectivity index (χ2n) is 10.9. The van der Waals surface area contributed by atoms with Crippen molar-refractivity contribution in [3.05, 3.63) is 108 Å². The number of hydrogen-bond acceptors (Lipinski definition) is 6. The topological polar surface area (TPSA) is 113 Å². The van der Waals surface area contributed by atoms with Gasteiger partial charge in [0.05, 0.1) is 17.6 Å². The Kier molecular flexibility index (Phi) is 11.5. The van der Waals surface area contributed by atoms with Crippen LogP contribution in [0.5, 0.6) is 0 Å². The molecular formula is C35H41N5O4S. The van der Waals surface area contributed by atoms with Crippen molar-refractivity contribution < 1.29 is 18.0 Å². The van der Waals surface area contributed by atoms with Crippen LogP contribution in [-0.2, 0) is 21.2 Å². The molecule has 9 nitrogen and oxygen atoms in total. The van der Waals surface area contributed by atoms with Gasteiger partial charge in [0.2, 0.25) is 15.8 Å². The molecule has 10 heteroatoms. The molecule has 4 rings (SSSR count). The third-order valence-electron chi connectivity index (χ3n) is 7.38. The summed E-state index contributed by atoms with van der Waals surface area (Å²) >= 11 is 0. The summed E-state index contributed by atoms with van der Waals surface area (Å²) in [7, 11) is -3.29. The number of aryl methyl sites for hydroxylation is 2. The molecule has 1 aromatic heterocycles. The van der Waals surface area contributed by atoms with Crippen LogP contribution in [0.25, 0.3) is 5.69 Å². The molecule has 0 aliphatic heterocycles. The molecule has 45 heavy (non-hydrogen) atoms. The van der Waals surface area contributed by atoms with Gasteiger partial charge >= 0.3 is 0 Å². The minimum atomic E-state index is -3.29. The fourth-order valence-corrected chi connectivity index (χ4v) is 5.41. The van der Waals surface area contributed by atoms with Crippen LogP contribution in [0.3, 0.4) is 0 Å². The van der Waals surface area contributed by atoms with Gasteiger partial charge in [-0.05, 0) is 92.4 Å². The monoisotopic (exact) mass is 627 g/mol. The van der Waals surface area contributed by atoms with E-state index in [4.69, 9.17) is 0 Å². The largest absolute Gasteiger partial charge is 0.370 e. The molecule has 3 aromatic carbocycles. The molecule has 2 N–H and O–H groups in total. The molecule has 0 spiro atoms. The number of sulfonamides is 1. The van der Waals surface area contributed by atoms with Gasteiger partial charge in [-0.2, -0.15) is 0 Å². The van der Waals surface area contributed by atoms with Crippen molar-refractivity contribution in [2.75, 3.05) is 36.1 Å². The molecule has 4 aromatic rings. The van der Waals surface area contributed by atoms with Crippen molar-refractivity contribution in [3.63, 3.8) is 0 Å². The first kappa shape index (κ1) is 33.4. The van der Waals surface area contributed by atoms with Crippen LogP contribution in [0.1, 0.15) is 48.3 Å². The lowest BCUT2D eigenvalue weighted by Crippen LogP contribution is -2.34. The Balaban J connectivity index is 1.67. The number of benzene rings is 3. The van der Waals surface area contributed by atoms with Crippen molar-refractivity contribution in [3.8, 4) is 5.69 Å². The molecular weight excluding hydrogens is 586 g/mol. The van der Waals surface area contributed by atoms with Gasteiger partial charge in [-0.25, -0.2) is 18.1 Å². The van der Waals surface area contributed by atoms with E-state index in [1.165, 1.54) is 5.56 Å². The molecule has 236 valence electrons. The number of hydrogen-bond donors (Lipinski definition) is 2. The van der Waals surface area contributed by atoms with E-state index in [0.717, 1.165) is 42.5 Å². The molecule has 0 saturated carbocycles. The zero-order valence-corrected chi connectivity index (χ0v) is 27.1. The van der Waals surface area contributed by atoms with E-state index in [2.05, 4.69) is 22.0 Å². The number of carbonyl (C=O) groups is 2. The summed E-state index contributed by atoms with van der Waals surface area (Å²) in [6, 6.07) is 26.1. The van der Waals surface area contributed by atoms with Gasteiger partial charge in [0, 0.05) is 42.9 Å². The summed E-state index contributed by atoms with van der Waals surface area (Å²) in [5, 5.41) is 2.88. The fraction of sp³-hybridized carbons (Fsp3) is 0.286. The van der Waals surface area contributed by atoms with E-state index in [1.807, 2.05) is 85.5 Å². The van der Waals surface area contributed by atoms with Crippen LogP contribution in [0.2, 0.25) is 0 Å². The lowest BCUT2D eigenvalue weighted by Gasteiger charge is -2.24. The second kappa shape index (κ2) is 15.5. The number of para-hydroxylation sites is 1. The minimum Gasteiger partial charge on any atom is -0.370 e.